The fourth-order valence-electron chi connectivity index (χ4n) is 1.67. The van der Waals surface area contributed by atoms with Gasteiger partial charge in [0.15, 0.2) is 0 Å². The number of aromatic hydroxyl groups is 1. The van der Waals surface area contributed by atoms with Gasteiger partial charge in [-0.3, -0.25) is 9.59 Å². The first-order chi connectivity index (χ1) is 9.06. The molecule has 0 unspecified atom stereocenters. The fourth-order valence-corrected chi connectivity index (χ4v) is 1.67. The third-order valence-electron chi connectivity index (χ3n) is 2.70. The van der Waals surface area contributed by atoms with Crippen molar-refractivity contribution in [3.05, 3.63) is 29.8 Å². The van der Waals surface area contributed by atoms with E-state index in [2.05, 4.69) is 10.6 Å². The standard InChI is InChI=1S/C14H20N2O3/c1-3-13(18)16-12(14(19)15-4-2)9-10-5-7-11(17)8-6-10/h5-8,12,17H,3-4,9H2,1-2H3,(H,15,19)(H,16,18)/t12-/m0/s1. The first kappa shape index (κ1) is 15.0. The number of amides is 2. The summed E-state index contributed by atoms with van der Waals surface area (Å²) in [5.41, 5.74) is 0.880. The van der Waals surface area contributed by atoms with Gasteiger partial charge in [0.2, 0.25) is 11.8 Å². The molecule has 1 aromatic carbocycles. The zero-order chi connectivity index (χ0) is 14.3. The summed E-state index contributed by atoms with van der Waals surface area (Å²) in [4.78, 5) is 23.3. The lowest BCUT2D eigenvalue weighted by atomic mass is 10.0. The molecule has 1 atom stereocenters. The molecule has 0 saturated carbocycles. The summed E-state index contributed by atoms with van der Waals surface area (Å²) in [5.74, 6) is -0.177. The number of carbonyl (C=O) groups is 2. The summed E-state index contributed by atoms with van der Waals surface area (Å²) < 4.78 is 0. The Hall–Kier alpha value is -2.04. The monoisotopic (exact) mass is 264 g/mol. The molecule has 0 aliphatic carbocycles. The predicted molar refractivity (Wildman–Crippen MR) is 72.7 cm³/mol. The summed E-state index contributed by atoms with van der Waals surface area (Å²) in [7, 11) is 0. The van der Waals surface area contributed by atoms with Crippen molar-refractivity contribution in [1.82, 2.24) is 10.6 Å². The number of phenols is 1. The lowest BCUT2D eigenvalue weighted by molar-refractivity contribution is -0.128. The van der Waals surface area contributed by atoms with Gasteiger partial charge in [0, 0.05) is 19.4 Å². The Kier molecular flexibility index (Phi) is 5.85. The maximum absolute atomic E-state index is 11.9. The Morgan fingerprint density at radius 3 is 2.37 bits per heavy atom. The van der Waals surface area contributed by atoms with Gasteiger partial charge in [-0.25, -0.2) is 0 Å². The van der Waals surface area contributed by atoms with Crippen molar-refractivity contribution < 1.29 is 14.7 Å². The van der Waals surface area contributed by atoms with Crippen LogP contribution in [-0.4, -0.2) is 29.5 Å². The Bertz CT molecular complexity index is 429. The molecular formula is C14H20N2O3. The number of nitrogens with one attached hydrogen (secondary N) is 2. The largest absolute Gasteiger partial charge is 0.508 e. The van der Waals surface area contributed by atoms with Gasteiger partial charge in [-0.05, 0) is 24.6 Å². The highest BCUT2D eigenvalue weighted by molar-refractivity contribution is 5.87. The average Bonchev–Trinajstić information content (AvgIpc) is 2.40. The second kappa shape index (κ2) is 7.41. The van der Waals surface area contributed by atoms with E-state index in [0.29, 0.717) is 19.4 Å². The molecule has 0 aliphatic rings. The van der Waals surface area contributed by atoms with Crippen molar-refractivity contribution in [2.24, 2.45) is 0 Å². The van der Waals surface area contributed by atoms with E-state index < -0.39 is 6.04 Å². The molecule has 0 heterocycles. The van der Waals surface area contributed by atoms with Crippen LogP contribution in [0.5, 0.6) is 5.75 Å². The van der Waals surface area contributed by atoms with E-state index in [9.17, 15) is 14.7 Å². The number of phenolic OH excluding ortho intramolecular Hbond substituents is 1. The number of hydrogen-bond acceptors (Lipinski definition) is 3. The highest BCUT2D eigenvalue weighted by Crippen LogP contribution is 2.11. The first-order valence-electron chi connectivity index (χ1n) is 6.41. The normalized spacial score (nSPS) is 11.7. The van der Waals surface area contributed by atoms with Gasteiger partial charge in [0.05, 0.1) is 0 Å². The van der Waals surface area contributed by atoms with Gasteiger partial charge in [0.1, 0.15) is 11.8 Å². The van der Waals surface area contributed by atoms with Crippen molar-refractivity contribution in [2.75, 3.05) is 6.54 Å². The molecule has 1 rings (SSSR count). The minimum atomic E-state index is -0.586. The first-order valence-corrected chi connectivity index (χ1v) is 6.41. The maximum atomic E-state index is 11.9. The number of carbonyl (C=O) groups excluding carboxylic acids is 2. The zero-order valence-corrected chi connectivity index (χ0v) is 11.3. The molecule has 19 heavy (non-hydrogen) atoms. The van der Waals surface area contributed by atoms with E-state index in [1.54, 1.807) is 31.2 Å². The predicted octanol–water partition coefficient (Wildman–Crippen LogP) is 0.966. The third-order valence-corrected chi connectivity index (χ3v) is 2.70. The lowest BCUT2D eigenvalue weighted by Crippen LogP contribution is -2.47. The molecule has 0 radical (unpaired) electrons. The van der Waals surface area contributed by atoms with Crippen LogP contribution in [-0.2, 0) is 16.0 Å². The summed E-state index contributed by atoms with van der Waals surface area (Å²) in [5, 5.41) is 14.6. The van der Waals surface area contributed by atoms with Crippen molar-refractivity contribution in [1.29, 1.82) is 0 Å². The second-order valence-corrected chi connectivity index (χ2v) is 4.24. The number of hydrogen-bond donors (Lipinski definition) is 3. The van der Waals surface area contributed by atoms with Crippen molar-refractivity contribution in [3.63, 3.8) is 0 Å². The number of likely N-dealkylation sites (N-methyl/N-ethyl adjacent to an activating group) is 1. The van der Waals surface area contributed by atoms with Crippen LogP contribution >= 0.6 is 0 Å². The second-order valence-electron chi connectivity index (χ2n) is 4.24. The van der Waals surface area contributed by atoms with Gasteiger partial charge >= 0.3 is 0 Å². The van der Waals surface area contributed by atoms with Gasteiger partial charge in [-0.1, -0.05) is 19.1 Å². The summed E-state index contributed by atoms with van der Waals surface area (Å²) in [6, 6.07) is 6.01. The van der Waals surface area contributed by atoms with E-state index in [0.717, 1.165) is 5.56 Å². The van der Waals surface area contributed by atoms with Crippen LogP contribution in [0, 0.1) is 0 Å². The summed E-state index contributed by atoms with van der Waals surface area (Å²) >= 11 is 0. The highest BCUT2D eigenvalue weighted by atomic mass is 16.3. The highest BCUT2D eigenvalue weighted by Gasteiger charge is 2.19. The van der Waals surface area contributed by atoms with Crippen LogP contribution in [0.2, 0.25) is 0 Å². The van der Waals surface area contributed by atoms with Crippen molar-refractivity contribution in [3.8, 4) is 5.75 Å². The Morgan fingerprint density at radius 1 is 1.21 bits per heavy atom. The average molecular weight is 264 g/mol. The molecule has 5 nitrogen and oxygen atoms in total. The quantitative estimate of drug-likeness (QED) is 0.716. The fraction of sp³-hybridized carbons (Fsp3) is 0.429. The van der Waals surface area contributed by atoms with Crippen LogP contribution in [0.4, 0.5) is 0 Å². The Labute approximate surface area is 113 Å². The summed E-state index contributed by atoms with van der Waals surface area (Å²) in [6.07, 6.45) is 0.739. The van der Waals surface area contributed by atoms with Gasteiger partial charge in [-0.15, -0.1) is 0 Å². The molecule has 5 heteroatoms. The zero-order valence-electron chi connectivity index (χ0n) is 11.3. The maximum Gasteiger partial charge on any atom is 0.242 e. The van der Waals surface area contributed by atoms with Crippen LogP contribution in [0.3, 0.4) is 0 Å². The Balaban J connectivity index is 2.75. The van der Waals surface area contributed by atoms with Crippen LogP contribution in [0.25, 0.3) is 0 Å². The van der Waals surface area contributed by atoms with Crippen LogP contribution in [0.1, 0.15) is 25.8 Å². The molecule has 2 amide bonds. The van der Waals surface area contributed by atoms with E-state index in [1.807, 2.05) is 6.92 Å². The van der Waals surface area contributed by atoms with E-state index in [4.69, 9.17) is 0 Å². The smallest absolute Gasteiger partial charge is 0.242 e. The molecular weight excluding hydrogens is 244 g/mol. The molecule has 0 saturated heterocycles. The molecule has 104 valence electrons. The number of benzene rings is 1. The Morgan fingerprint density at radius 2 is 1.84 bits per heavy atom. The molecule has 0 bridgehead atoms. The van der Waals surface area contributed by atoms with Gasteiger partial charge in [-0.2, -0.15) is 0 Å². The molecule has 3 N–H and O–H groups in total. The van der Waals surface area contributed by atoms with Crippen LogP contribution in [0.15, 0.2) is 24.3 Å². The van der Waals surface area contributed by atoms with Gasteiger partial charge < -0.3 is 15.7 Å². The van der Waals surface area contributed by atoms with E-state index in [-0.39, 0.29) is 17.6 Å². The van der Waals surface area contributed by atoms with Gasteiger partial charge in [0.25, 0.3) is 0 Å². The molecule has 0 aromatic heterocycles. The molecule has 0 fully saturated rings. The molecule has 0 spiro atoms. The van der Waals surface area contributed by atoms with E-state index in [1.165, 1.54) is 0 Å². The summed E-state index contributed by atoms with van der Waals surface area (Å²) in [6.45, 7) is 4.09. The molecule has 1 aromatic rings. The van der Waals surface area contributed by atoms with Crippen molar-refractivity contribution in [2.45, 2.75) is 32.7 Å². The van der Waals surface area contributed by atoms with Crippen LogP contribution < -0.4 is 10.6 Å². The third kappa shape index (κ3) is 4.99. The topological polar surface area (TPSA) is 78.4 Å². The number of rotatable bonds is 6. The minimum Gasteiger partial charge on any atom is -0.508 e. The van der Waals surface area contributed by atoms with Crippen molar-refractivity contribution >= 4 is 11.8 Å². The lowest BCUT2D eigenvalue weighted by Gasteiger charge is -2.17. The van der Waals surface area contributed by atoms with E-state index >= 15 is 0 Å². The minimum absolute atomic E-state index is 0.157. The molecule has 0 aliphatic heterocycles. The SMILES string of the molecule is CCNC(=O)[C@H](Cc1ccc(O)cc1)NC(=O)CC.